The predicted molar refractivity (Wildman–Crippen MR) is 159 cm³/mol. The summed E-state index contributed by atoms with van der Waals surface area (Å²) in [6, 6.07) is 32.7. The highest BCUT2D eigenvalue weighted by molar-refractivity contribution is 5.91. The smallest absolute Gasteiger partial charge is 0.338 e. The van der Waals surface area contributed by atoms with E-state index in [4.69, 9.17) is 28.4 Å². The molecule has 0 amide bonds. The molecule has 4 aromatic rings. The minimum atomic E-state index is -1.97. The normalized spacial score (nSPS) is 20.8. The summed E-state index contributed by atoms with van der Waals surface area (Å²) in [6.07, 6.45) is -4.29. The predicted octanol–water partition coefficient (Wildman–Crippen LogP) is 4.89. The zero-order chi connectivity index (χ0) is 31.6. The molecule has 0 radical (unpaired) electrons. The number of carbonyl (C=O) groups is 4. The van der Waals surface area contributed by atoms with Crippen LogP contribution in [-0.4, -0.2) is 68.3 Å². The number of rotatable bonds is 10. The second-order valence-electron chi connectivity index (χ2n) is 10.0. The van der Waals surface area contributed by atoms with Gasteiger partial charge in [0.2, 0.25) is 5.79 Å². The summed E-state index contributed by atoms with van der Waals surface area (Å²) >= 11 is 0. The fraction of sp³-hybridized carbons (Fsp3) is 0.200. The zero-order valence-electron chi connectivity index (χ0n) is 24.3. The number of hydrogen-bond donors (Lipinski definition) is 0. The van der Waals surface area contributed by atoms with Gasteiger partial charge in [0.1, 0.15) is 6.61 Å². The minimum absolute atomic E-state index is 0.181. The van der Waals surface area contributed by atoms with Gasteiger partial charge in [0.15, 0.2) is 18.3 Å². The third-order valence-electron chi connectivity index (χ3n) is 7.11. The summed E-state index contributed by atoms with van der Waals surface area (Å²) < 4.78 is 35.1. The molecule has 0 aliphatic carbocycles. The summed E-state index contributed by atoms with van der Waals surface area (Å²) in [6.45, 7) is -0.926. The van der Waals surface area contributed by atoms with E-state index in [0.717, 1.165) is 0 Å². The lowest BCUT2D eigenvalue weighted by Gasteiger charge is -2.46. The van der Waals surface area contributed by atoms with Gasteiger partial charge in [0.25, 0.3) is 0 Å². The van der Waals surface area contributed by atoms with Crippen LogP contribution in [0, 0.1) is 0 Å². The van der Waals surface area contributed by atoms with Crippen molar-refractivity contribution >= 4 is 23.9 Å². The van der Waals surface area contributed by atoms with E-state index in [2.05, 4.69) is 0 Å². The number of benzene rings is 4. The van der Waals surface area contributed by atoms with Crippen LogP contribution in [0.1, 0.15) is 41.4 Å². The molecule has 10 heteroatoms. The molecule has 1 fully saturated rings. The Balaban J connectivity index is 1.51. The molecule has 0 spiro atoms. The fourth-order valence-electron chi connectivity index (χ4n) is 4.73. The average Bonchev–Trinajstić information content (AvgIpc) is 3.10. The van der Waals surface area contributed by atoms with Gasteiger partial charge < -0.3 is 28.4 Å². The fourth-order valence-corrected chi connectivity index (χ4v) is 4.73. The molecule has 10 nitrogen and oxygen atoms in total. The SMILES string of the molecule is CO[C@@]1(COC(=O)c2ccccc2)OC[C@@H](OC(=O)c2ccccc2)[C@@H](OC(=O)c2ccccc2)[C@@H]1OC(=O)c1ccccc1. The summed E-state index contributed by atoms with van der Waals surface area (Å²) in [5, 5.41) is 0. The Bertz CT molecular complexity index is 1600. The molecule has 1 aliphatic heterocycles. The molecule has 1 heterocycles. The summed E-state index contributed by atoms with van der Waals surface area (Å²) in [7, 11) is 1.27. The molecule has 4 aromatic carbocycles. The molecule has 5 rings (SSSR count). The average molecular weight is 611 g/mol. The molecule has 4 atom stereocenters. The molecule has 0 aromatic heterocycles. The number of hydrogen-bond acceptors (Lipinski definition) is 10. The maximum Gasteiger partial charge on any atom is 0.338 e. The molecular weight excluding hydrogens is 580 g/mol. The van der Waals surface area contributed by atoms with Gasteiger partial charge in [0.05, 0.1) is 28.9 Å². The number of ether oxygens (including phenoxy) is 6. The lowest BCUT2D eigenvalue weighted by Crippen LogP contribution is -2.66. The molecule has 0 saturated carbocycles. The summed E-state index contributed by atoms with van der Waals surface area (Å²) in [5.41, 5.74) is 0.882. The number of esters is 4. The largest absolute Gasteiger partial charge is 0.456 e. The van der Waals surface area contributed by atoms with Crippen LogP contribution >= 0.6 is 0 Å². The Labute approximate surface area is 259 Å². The lowest BCUT2D eigenvalue weighted by molar-refractivity contribution is -0.337. The van der Waals surface area contributed by atoms with Crippen molar-refractivity contribution in [1.29, 1.82) is 0 Å². The van der Waals surface area contributed by atoms with Gasteiger partial charge >= 0.3 is 23.9 Å². The van der Waals surface area contributed by atoms with Crippen molar-refractivity contribution in [3.05, 3.63) is 144 Å². The molecular formula is C35H30O10. The van der Waals surface area contributed by atoms with Gasteiger partial charge in [-0.2, -0.15) is 0 Å². The van der Waals surface area contributed by atoms with Crippen LogP contribution in [0.2, 0.25) is 0 Å². The van der Waals surface area contributed by atoms with Gasteiger partial charge in [-0.05, 0) is 48.5 Å². The lowest BCUT2D eigenvalue weighted by atomic mass is 9.95. The van der Waals surface area contributed by atoms with Crippen molar-refractivity contribution in [3.8, 4) is 0 Å². The van der Waals surface area contributed by atoms with E-state index in [-0.39, 0.29) is 28.9 Å². The molecule has 45 heavy (non-hydrogen) atoms. The van der Waals surface area contributed by atoms with E-state index < -0.39 is 54.6 Å². The van der Waals surface area contributed by atoms with Gasteiger partial charge in [-0.25, -0.2) is 19.2 Å². The van der Waals surface area contributed by atoms with Crippen molar-refractivity contribution in [2.24, 2.45) is 0 Å². The third kappa shape index (κ3) is 7.43. The maximum atomic E-state index is 13.4. The van der Waals surface area contributed by atoms with Gasteiger partial charge in [-0.3, -0.25) is 0 Å². The Morgan fingerprint density at radius 3 is 1.44 bits per heavy atom. The van der Waals surface area contributed by atoms with Crippen LogP contribution in [0.25, 0.3) is 0 Å². The molecule has 0 unspecified atom stereocenters. The van der Waals surface area contributed by atoms with Crippen molar-refractivity contribution in [3.63, 3.8) is 0 Å². The second-order valence-corrected chi connectivity index (χ2v) is 10.0. The second kappa shape index (κ2) is 14.4. The molecule has 1 aliphatic rings. The molecule has 230 valence electrons. The van der Waals surface area contributed by atoms with E-state index in [9.17, 15) is 19.2 Å². The number of methoxy groups -OCH3 is 1. The summed E-state index contributed by atoms with van der Waals surface area (Å²) in [4.78, 5) is 52.9. The highest BCUT2D eigenvalue weighted by Crippen LogP contribution is 2.35. The highest BCUT2D eigenvalue weighted by atomic mass is 16.8. The summed E-state index contributed by atoms with van der Waals surface area (Å²) in [5.74, 6) is -4.98. The van der Waals surface area contributed by atoms with E-state index in [1.54, 1.807) is 109 Å². The van der Waals surface area contributed by atoms with Crippen LogP contribution in [0.5, 0.6) is 0 Å². The van der Waals surface area contributed by atoms with Crippen molar-refractivity contribution in [1.82, 2.24) is 0 Å². The van der Waals surface area contributed by atoms with E-state index in [1.165, 1.54) is 19.2 Å². The monoisotopic (exact) mass is 610 g/mol. The van der Waals surface area contributed by atoms with Crippen LogP contribution in [0.3, 0.4) is 0 Å². The Hall–Kier alpha value is -5.32. The van der Waals surface area contributed by atoms with Crippen LogP contribution < -0.4 is 0 Å². The Kier molecular flexibility index (Phi) is 9.98. The first kappa shape index (κ1) is 31.1. The van der Waals surface area contributed by atoms with E-state index in [0.29, 0.717) is 0 Å². The van der Waals surface area contributed by atoms with Crippen molar-refractivity contribution < 1.29 is 47.6 Å². The van der Waals surface area contributed by atoms with Gasteiger partial charge in [0, 0.05) is 7.11 Å². The quantitative estimate of drug-likeness (QED) is 0.181. The zero-order valence-corrected chi connectivity index (χ0v) is 24.3. The van der Waals surface area contributed by atoms with Crippen LogP contribution in [0.4, 0.5) is 0 Å². The maximum absolute atomic E-state index is 13.4. The van der Waals surface area contributed by atoms with Gasteiger partial charge in [-0.1, -0.05) is 72.8 Å². The van der Waals surface area contributed by atoms with Crippen molar-refractivity contribution in [2.75, 3.05) is 20.3 Å². The number of carbonyl (C=O) groups excluding carboxylic acids is 4. The first-order valence-corrected chi connectivity index (χ1v) is 14.1. The Morgan fingerprint density at radius 2 is 1.00 bits per heavy atom. The van der Waals surface area contributed by atoms with Crippen LogP contribution in [-0.2, 0) is 28.4 Å². The highest BCUT2D eigenvalue weighted by Gasteiger charge is 2.58. The van der Waals surface area contributed by atoms with Crippen molar-refractivity contribution in [2.45, 2.75) is 24.1 Å². The van der Waals surface area contributed by atoms with Crippen LogP contribution in [0.15, 0.2) is 121 Å². The molecule has 1 saturated heterocycles. The topological polar surface area (TPSA) is 124 Å². The standard InChI is InChI=1S/C35H30O10/c1-40-35(23-41-31(36)24-14-6-2-7-15-24)30(45-34(39)27-20-12-5-13-21-27)29(44-33(38)26-18-10-4-11-19-26)28(22-42-35)43-32(37)25-16-8-3-9-17-25/h2-21,28-30H,22-23H2,1H3/t28-,29-,30+,35+/m1/s1. The minimum Gasteiger partial charge on any atom is -0.456 e. The molecule has 0 bridgehead atoms. The molecule has 0 N–H and O–H groups in total. The Morgan fingerprint density at radius 1 is 0.600 bits per heavy atom. The van der Waals surface area contributed by atoms with E-state index >= 15 is 0 Å². The third-order valence-corrected chi connectivity index (χ3v) is 7.11. The first-order valence-electron chi connectivity index (χ1n) is 14.1. The first-order chi connectivity index (χ1) is 21.9. The van der Waals surface area contributed by atoms with E-state index in [1.807, 2.05) is 0 Å². The van der Waals surface area contributed by atoms with Gasteiger partial charge in [-0.15, -0.1) is 0 Å².